The molecule has 2 aromatic heterocycles. The average molecular weight is 444 g/mol. The van der Waals surface area contributed by atoms with Crippen LogP contribution in [-0.4, -0.2) is 52.2 Å². The molecule has 4 aromatic rings. The van der Waals surface area contributed by atoms with E-state index in [1.807, 2.05) is 71.8 Å². The predicted octanol–water partition coefficient (Wildman–Crippen LogP) is 4.28. The van der Waals surface area contributed by atoms with Crippen LogP contribution in [0.4, 0.5) is 11.5 Å². The van der Waals surface area contributed by atoms with Crippen LogP contribution in [0.1, 0.15) is 5.82 Å². The third-order valence-electron chi connectivity index (χ3n) is 5.19. The van der Waals surface area contributed by atoms with Gasteiger partial charge in [-0.1, -0.05) is 18.2 Å². The van der Waals surface area contributed by atoms with E-state index in [4.69, 9.17) is 19.6 Å². The topological polar surface area (TPSA) is 108 Å². The lowest BCUT2D eigenvalue weighted by Gasteiger charge is -2.27. The zero-order valence-corrected chi connectivity index (χ0v) is 18.0. The van der Waals surface area contributed by atoms with Crippen LogP contribution < -0.4 is 10.1 Å². The Kier molecular flexibility index (Phi) is 6.03. The van der Waals surface area contributed by atoms with Crippen LogP contribution in [0.5, 0.6) is 11.5 Å². The highest BCUT2D eigenvalue weighted by molar-refractivity contribution is 5.89. The summed E-state index contributed by atoms with van der Waals surface area (Å²) in [7, 11) is 0. The first-order valence-electron chi connectivity index (χ1n) is 10.7. The standard InChI is InChI=1S/C24H24N6O3/c25-24(30-12-14-31-15-13-30)32-16-21-28-22-20(10-11-26-22)23(29-21)27-17-6-8-19(9-7-17)33-18-4-2-1-3-5-18/h1-11,25H,12-16H2,(H2,26,27,28,29). The molecule has 33 heavy (non-hydrogen) atoms. The Morgan fingerprint density at radius 2 is 1.76 bits per heavy atom. The minimum absolute atomic E-state index is 0.101. The van der Waals surface area contributed by atoms with Gasteiger partial charge in [-0.15, -0.1) is 0 Å². The van der Waals surface area contributed by atoms with Crippen molar-refractivity contribution in [2.45, 2.75) is 6.61 Å². The number of ether oxygens (including phenoxy) is 3. The van der Waals surface area contributed by atoms with Gasteiger partial charge in [-0.25, -0.2) is 9.97 Å². The Morgan fingerprint density at radius 1 is 1.00 bits per heavy atom. The number of para-hydroxylation sites is 1. The number of amidine groups is 1. The fourth-order valence-corrected chi connectivity index (χ4v) is 3.51. The molecule has 0 saturated carbocycles. The van der Waals surface area contributed by atoms with Gasteiger partial charge in [0.15, 0.2) is 12.4 Å². The van der Waals surface area contributed by atoms with Gasteiger partial charge in [0.1, 0.15) is 23.0 Å². The maximum absolute atomic E-state index is 8.16. The first-order valence-corrected chi connectivity index (χ1v) is 10.7. The van der Waals surface area contributed by atoms with E-state index in [1.165, 1.54) is 0 Å². The summed E-state index contributed by atoms with van der Waals surface area (Å²) in [5, 5.41) is 12.4. The van der Waals surface area contributed by atoms with Gasteiger partial charge >= 0.3 is 0 Å². The summed E-state index contributed by atoms with van der Waals surface area (Å²) in [5.41, 5.74) is 1.57. The first kappa shape index (κ1) is 20.8. The predicted molar refractivity (Wildman–Crippen MR) is 125 cm³/mol. The Morgan fingerprint density at radius 3 is 2.55 bits per heavy atom. The van der Waals surface area contributed by atoms with Gasteiger partial charge in [0.25, 0.3) is 6.02 Å². The van der Waals surface area contributed by atoms with Crippen LogP contribution in [-0.2, 0) is 16.1 Å². The van der Waals surface area contributed by atoms with Gasteiger partial charge in [-0.05, 0) is 42.5 Å². The molecule has 5 rings (SSSR count). The number of rotatable bonds is 6. The largest absolute Gasteiger partial charge is 0.457 e. The molecule has 1 aliphatic heterocycles. The van der Waals surface area contributed by atoms with Gasteiger partial charge in [0.2, 0.25) is 0 Å². The van der Waals surface area contributed by atoms with Crippen molar-refractivity contribution in [1.82, 2.24) is 19.9 Å². The lowest BCUT2D eigenvalue weighted by atomic mass is 10.3. The number of fused-ring (bicyclic) bond motifs is 1. The summed E-state index contributed by atoms with van der Waals surface area (Å²) in [4.78, 5) is 14.1. The second-order valence-corrected chi connectivity index (χ2v) is 7.49. The average Bonchev–Trinajstić information content (AvgIpc) is 3.34. The molecule has 9 nitrogen and oxygen atoms in total. The molecular weight excluding hydrogens is 420 g/mol. The molecule has 3 N–H and O–H groups in total. The highest BCUT2D eigenvalue weighted by Crippen LogP contribution is 2.26. The highest BCUT2D eigenvalue weighted by atomic mass is 16.5. The lowest BCUT2D eigenvalue weighted by Crippen LogP contribution is -2.41. The maximum atomic E-state index is 8.16. The van der Waals surface area contributed by atoms with Gasteiger partial charge in [-0.2, -0.15) is 0 Å². The second kappa shape index (κ2) is 9.58. The number of H-pyrrole nitrogens is 1. The summed E-state index contributed by atoms with van der Waals surface area (Å²) < 4.78 is 16.8. The number of hydrogen-bond acceptors (Lipinski definition) is 7. The van der Waals surface area contributed by atoms with Gasteiger partial charge in [0, 0.05) is 25.0 Å². The molecule has 9 heteroatoms. The Balaban J connectivity index is 1.28. The van der Waals surface area contributed by atoms with E-state index < -0.39 is 0 Å². The molecule has 1 fully saturated rings. The van der Waals surface area contributed by atoms with Crippen molar-refractivity contribution in [3.8, 4) is 11.5 Å². The molecule has 2 aromatic carbocycles. The van der Waals surface area contributed by atoms with E-state index in [0.29, 0.717) is 43.6 Å². The van der Waals surface area contributed by atoms with Crippen molar-refractivity contribution in [3.05, 3.63) is 72.7 Å². The molecule has 0 amide bonds. The van der Waals surface area contributed by atoms with E-state index >= 15 is 0 Å². The summed E-state index contributed by atoms with van der Waals surface area (Å²) in [6.07, 6.45) is 1.82. The maximum Gasteiger partial charge on any atom is 0.284 e. The Hall–Kier alpha value is -4.11. The smallest absolute Gasteiger partial charge is 0.284 e. The lowest BCUT2D eigenvalue weighted by molar-refractivity contribution is 0.0529. The van der Waals surface area contributed by atoms with Crippen molar-refractivity contribution >= 4 is 28.6 Å². The summed E-state index contributed by atoms with van der Waals surface area (Å²) >= 11 is 0. The van der Waals surface area contributed by atoms with Crippen LogP contribution in [0, 0.1) is 5.41 Å². The van der Waals surface area contributed by atoms with Crippen LogP contribution in [0.2, 0.25) is 0 Å². The number of nitrogens with zero attached hydrogens (tertiary/aromatic N) is 3. The van der Waals surface area contributed by atoms with E-state index in [0.717, 1.165) is 22.6 Å². The molecule has 1 saturated heterocycles. The third-order valence-corrected chi connectivity index (χ3v) is 5.19. The number of hydrogen-bond donors (Lipinski definition) is 3. The number of anilines is 2. The number of nitrogens with one attached hydrogen (secondary N) is 3. The summed E-state index contributed by atoms with van der Waals surface area (Å²) in [6.45, 7) is 2.59. The van der Waals surface area contributed by atoms with Crippen LogP contribution in [0.15, 0.2) is 66.9 Å². The number of aromatic nitrogens is 3. The second-order valence-electron chi connectivity index (χ2n) is 7.49. The number of benzene rings is 2. The number of morpholine rings is 1. The Labute approximate surface area is 190 Å². The van der Waals surface area contributed by atoms with E-state index in [2.05, 4.69) is 20.3 Å². The zero-order chi connectivity index (χ0) is 22.5. The van der Waals surface area contributed by atoms with E-state index in [1.54, 1.807) is 0 Å². The minimum atomic E-state index is 0.101. The van der Waals surface area contributed by atoms with Crippen molar-refractivity contribution in [3.63, 3.8) is 0 Å². The summed E-state index contributed by atoms with van der Waals surface area (Å²) in [6, 6.07) is 19.4. The Bertz CT molecular complexity index is 1220. The quantitative estimate of drug-likeness (QED) is 0.301. The third kappa shape index (κ3) is 5.04. The SMILES string of the molecule is N=C(OCc1nc(Nc2ccc(Oc3ccccc3)cc2)c2cc[nH]c2n1)N1CCOCC1. The molecule has 0 radical (unpaired) electrons. The van der Waals surface area contributed by atoms with Gasteiger partial charge < -0.3 is 29.4 Å². The van der Waals surface area contributed by atoms with E-state index in [9.17, 15) is 0 Å². The molecular formula is C24H24N6O3. The normalized spacial score (nSPS) is 13.6. The van der Waals surface area contributed by atoms with Crippen LogP contribution >= 0.6 is 0 Å². The molecule has 168 valence electrons. The zero-order valence-electron chi connectivity index (χ0n) is 18.0. The first-order chi connectivity index (χ1) is 16.2. The van der Waals surface area contributed by atoms with Gasteiger partial charge in [-0.3, -0.25) is 5.41 Å². The van der Waals surface area contributed by atoms with Crippen molar-refractivity contribution in [1.29, 1.82) is 5.41 Å². The monoisotopic (exact) mass is 444 g/mol. The van der Waals surface area contributed by atoms with E-state index in [-0.39, 0.29) is 12.6 Å². The van der Waals surface area contributed by atoms with Gasteiger partial charge in [0.05, 0.1) is 18.6 Å². The van der Waals surface area contributed by atoms with Crippen LogP contribution in [0.25, 0.3) is 11.0 Å². The van der Waals surface area contributed by atoms with Crippen LogP contribution in [0.3, 0.4) is 0 Å². The molecule has 0 bridgehead atoms. The fraction of sp³-hybridized carbons (Fsp3) is 0.208. The molecule has 3 heterocycles. The molecule has 0 aliphatic carbocycles. The highest BCUT2D eigenvalue weighted by Gasteiger charge is 2.16. The summed E-state index contributed by atoms with van der Waals surface area (Å²) in [5.74, 6) is 2.68. The molecule has 0 spiro atoms. The van der Waals surface area contributed by atoms with Crippen molar-refractivity contribution in [2.75, 3.05) is 31.6 Å². The van der Waals surface area contributed by atoms with Crippen molar-refractivity contribution < 1.29 is 14.2 Å². The minimum Gasteiger partial charge on any atom is -0.457 e. The number of aromatic amines is 1. The molecule has 0 atom stereocenters. The van der Waals surface area contributed by atoms with Crippen molar-refractivity contribution in [2.24, 2.45) is 0 Å². The fourth-order valence-electron chi connectivity index (χ4n) is 3.51. The molecule has 1 aliphatic rings. The molecule has 0 unspecified atom stereocenters.